The molecule has 5 heteroatoms. The van der Waals surface area contributed by atoms with Crippen LogP contribution in [0.15, 0.2) is 36.4 Å². The molecule has 0 aliphatic heterocycles. The van der Waals surface area contributed by atoms with Gasteiger partial charge in [0, 0.05) is 11.1 Å². The first-order valence-corrected chi connectivity index (χ1v) is 8.45. The first-order chi connectivity index (χ1) is 12.2. The number of nitro groups is 1. The SMILES string of the molecule is Cc1cc(C)cc(-c2nc(C)c([N+](=O)[O-])c(-c3cc(C)cc(C)c3)n2)c1. The normalized spacial score (nSPS) is 10.8. The summed E-state index contributed by atoms with van der Waals surface area (Å²) >= 11 is 0. The van der Waals surface area contributed by atoms with Gasteiger partial charge in [-0.25, -0.2) is 9.97 Å². The lowest BCUT2D eigenvalue weighted by molar-refractivity contribution is -0.385. The van der Waals surface area contributed by atoms with E-state index in [-0.39, 0.29) is 5.69 Å². The van der Waals surface area contributed by atoms with Crippen molar-refractivity contribution < 1.29 is 4.92 Å². The molecule has 0 amide bonds. The predicted octanol–water partition coefficient (Wildman–Crippen LogP) is 5.26. The van der Waals surface area contributed by atoms with Crippen molar-refractivity contribution in [1.82, 2.24) is 9.97 Å². The van der Waals surface area contributed by atoms with E-state index in [9.17, 15) is 10.1 Å². The van der Waals surface area contributed by atoms with Crippen molar-refractivity contribution >= 4 is 5.69 Å². The quantitative estimate of drug-likeness (QED) is 0.478. The second-order valence-electron chi connectivity index (χ2n) is 6.84. The highest BCUT2D eigenvalue weighted by Crippen LogP contribution is 2.33. The lowest BCUT2D eigenvalue weighted by atomic mass is 10.0. The summed E-state index contributed by atoms with van der Waals surface area (Å²) < 4.78 is 0. The molecule has 0 saturated carbocycles. The molecule has 0 fully saturated rings. The van der Waals surface area contributed by atoms with E-state index < -0.39 is 4.92 Å². The summed E-state index contributed by atoms with van der Waals surface area (Å²) in [4.78, 5) is 20.3. The molecular formula is C21H21N3O2. The van der Waals surface area contributed by atoms with Gasteiger partial charge < -0.3 is 0 Å². The third-order valence-corrected chi connectivity index (χ3v) is 4.22. The summed E-state index contributed by atoms with van der Waals surface area (Å²) in [5.74, 6) is 0.508. The summed E-state index contributed by atoms with van der Waals surface area (Å²) in [5, 5.41) is 11.7. The molecule has 0 saturated heterocycles. The molecule has 0 aliphatic rings. The van der Waals surface area contributed by atoms with E-state index >= 15 is 0 Å². The van der Waals surface area contributed by atoms with Gasteiger partial charge in [-0.1, -0.05) is 34.4 Å². The highest BCUT2D eigenvalue weighted by Gasteiger charge is 2.24. The van der Waals surface area contributed by atoms with Gasteiger partial charge in [0.05, 0.1) is 4.92 Å². The van der Waals surface area contributed by atoms with Gasteiger partial charge in [0.2, 0.25) is 0 Å². The number of aromatic nitrogens is 2. The van der Waals surface area contributed by atoms with E-state index in [1.54, 1.807) is 6.92 Å². The predicted molar refractivity (Wildman–Crippen MR) is 103 cm³/mol. The third-order valence-electron chi connectivity index (χ3n) is 4.22. The standard InChI is InChI=1S/C21H21N3O2/c1-12-6-13(2)9-17(8-12)19-20(24(25)26)16(5)22-21(23-19)18-10-14(3)7-15(4)11-18/h6-11H,1-5H3. The summed E-state index contributed by atoms with van der Waals surface area (Å²) in [7, 11) is 0. The molecule has 132 valence electrons. The Morgan fingerprint density at radius 3 is 1.65 bits per heavy atom. The van der Waals surface area contributed by atoms with Gasteiger partial charge in [-0.2, -0.15) is 0 Å². The number of nitrogens with zero attached hydrogens (tertiary/aromatic N) is 3. The molecule has 1 heterocycles. The summed E-state index contributed by atoms with van der Waals surface area (Å²) in [5.41, 5.74) is 6.59. The maximum atomic E-state index is 11.7. The van der Waals surface area contributed by atoms with E-state index in [1.807, 2.05) is 58.0 Å². The van der Waals surface area contributed by atoms with Crippen LogP contribution in [0.3, 0.4) is 0 Å². The van der Waals surface area contributed by atoms with Crippen molar-refractivity contribution in [1.29, 1.82) is 0 Å². The van der Waals surface area contributed by atoms with Gasteiger partial charge in [0.25, 0.3) is 0 Å². The average Bonchev–Trinajstić information content (AvgIpc) is 2.51. The van der Waals surface area contributed by atoms with Crippen LogP contribution in [0.2, 0.25) is 0 Å². The van der Waals surface area contributed by atoms with Crippen molar-refractivity contribution in [3.63, 3.8) is 0 Å². The van der Waals surface area contributed by atoms with Crippen molar-refractivity contribution in [3.8, 4) is 22.6 Å². The average molecular weight is 347 g/mol. The molecule has 3 rings (SSSR count). The second kappa shape index (κ2) is 6.67. The number of hydrogen-bond acceptors (Lipinski definition) is 4. The smallest absolute Gasteiger partial charge is 0.258 e. The van der Waals surface area contributed by atoms with E-state index in [4.69, 9.17) is 0 Å². The largest absolute Gasteiger partial charge is 0.316 e. The molecule has 3 aromatic rings. The molecule has 1 aromatic heterocycles. The molecule has 0 aliphatic carbocycles. The molecule has 26 heavy (non-hydrogen) atoms. The maximum absolute atomic E-state index is 11.7. The van der Waals surface area contributed by atoms with E-state index in [1.165, 1.54) is 0 Å². The highest BCUT2D eigenvalue weighted by molar-refractivity contribution is 5.74. The van der Waals surface area contributed by atoms with Gasteiger partial charge in [-0.05, 0) is 58.9 Å². The van der Waals surface area contributed by atoms with Crippen molar-refractivity contribution in [3.05, 3.63) is 74.5 Å². The van der Waals surface area contributed by atoms with Crippen molar-refractivity contribution in [2.45, 2.75) is 34.6 Å². The van der Waals surface area contributed by atoms with Gasteiger partial charge in [-0.3, -0.25) is 10.1 Å². The monoisotopic (exact) mass is 347 g/mol. The molecule has 0 atom stereocenters. The maximum Gasteiger partial charge on any atom is 0.316 e. The fourth-order valence-electron chi connectivity index (χ4n) is 3.33. The Morgan fingerprint density at radius 1 is 0.731 bits per heavy atom. The van der Waals surface area contributed by atoms with Gasteiger partial charge >= 0.3 is 5.69 Å². The van der Waals surface area contributed by atoms with E-state index in [0.717, 1.165) is 33.4 Å². The summed E-state index contributed by atoms with van der Waals surface area (Å²) in [6.07, 6.45) is 0. The zero-order valence-corrected chi connectivity index (χ0v) is 15.6. The Hall–Kier alpha value is -3.08. The van der Waals surface area contributed by atoms with Crippen LogP contribution in [0.4, 0.5) is 5.69 Å². The van der Waals surface area contributed by atoms with E-state index in [0.29, 0.717) is 17.2 Å². The van der Waals surface area contributed by atoms with Gasteiger partial charge in [0.15, 0.2) is 11.5 Å². The fourth-order valence-corrected chi connectivity index (χ4v) is 3.33. The number of hydrogen-bond donors (Lipinski definition) is 0. The Bertz CT molecular complexity index is 986. The number of aryl methyl sites for hydroxylation is 5. The first kappa shape index (κ1) is 17.7. The minimum Gasteiger partial charge on any atom is -0.258 e. The first-order valence-electron chi connectivity index (χ1n) is 8.45. The van der Waals surface area contributed by atoms with Crippen LogP contribution in [0.5, 0.6) is 0 Å². The zero-order chi connectivity index (χ0) is 19.0. The second-order valence-corrected chi connectivity index (χ2v) is 6.84. The third kappa shape index (κ3) is 3.47. The highest BCUT2D eigenvalue weighted by atomic mass is 16.6. The Balaban J connectivity index is 2.31. The zero-order valence-electron chi connectivity index (χ0n) is 15.6. The van der Waals surface area contributed by atoms with E-state index in [2.05, 4.69) is 16.0 Å². The summed E-state index contributed by atoms with van der Waals surface area (Å²) in [6, 6.07) is 12.0. The Labute approximate surface area is 152 Å². The van der Waals surface area contributed by atoms with Crippen LogP contribution < -0.4 is 0 Å². The van der Waals surface area contributed by atoms with Gasteiger partial charge in [0.1, 0.15) is 5.69 Å². The molecule has 2 aromatic carbocycles. The Morgan fingerprint density at radius 2 is 1.19 bits per heavy atom. The van der Waals surface area contributed by atoms with Crippen LogP contribution in [0.1, 0.15) is 27.9 Å². The topological polar surface area (TPSA) is 68.9 Å². The van der Waals surface area contributed by atoms with Gasteiger partial charge in [-0.15, -0.1) is 0 Å². The van der Waals surface area contributed by atoms with Crippen LogP contribution >= 0.6 is 0 Å². The molecule has 0 spiro atoms. The molecular weight excluding hydrogens is 326 g/mol. The molecule has 5 nitrogen and oxygen atoms in total. The molecule has 0 N–H and O–H groups in total. The van der Waals surface area contributed by atoms with Crippen molar-refractivity contribution in [2.75, 3.05) is 0 Å². The van der Waals surface area contributed by atoms with Crippen LogP contribution in [0.25, 0.3) is 22.6 Å². The van der Waals surface area contributed by atoms with Crippen LogP contribution in [0, 0.1) is 44.7 Å². The lowest BCUT2D eigenvalue weighted by Crippen LogP contribution is -2.03. The number of rotatable bonds is 3. The van der Waals surface area contributed by atoms with Crippen LogP contribution in [-0.4, -0.2) is 14.9 Å². The lowest BCUT2D eigenvalue weighted by Gasteiger charge is -2.10. The minimum atomic E-state index is -0.395. The van der Waals surface area contributed by atoms with Crippen LogP contribution in [-0.2, 0) is 0 Å². The fraction of sp³-hybridized carbons (Fsp3) is 0.238. The molecule has 0 bridgehead atoms. The number of benzene rings is 2. The van der Waals surface area contributed by atoms with Crippen molar-refractivity contribution in [2.24, 2.45) is 0 Å². The molecule has 0 radical (unpaired) electrons. The molecule has 0 unspecified atom stereocenters. The Kier molecular flexibility index (Phi) is 4.55. The summed E-state index contributed by atoms with van der Waals surface area (Å²) in [6.45, 7) is 9.64. The minimum absolute atomic E-state index is 0.0388.